The minimum absolute atomic E-state index is 0.126. The molecule has 0 spiro atoms. The zero-order valence-corrected chi connectivity index (χ0v) is 15.7. The van der Waals surface area contributed by atoms with Crippen molar-refractivity contribution >= 4 is 10.9 Å². The van der Waals surface area contributed by atoms with E-state index in [9.17, 15) is 4.79 Å². The lowest BCUT2D eigenvalue weighted by atomic mass is 10.1. The summed E-state index contributed by atoms with van der Waals surface area (Å²) in [5.74, 6) is 1.47. The number of imidazole rings is 1. The van der Waals surface area contributed by atoms with E-state index in [0.717, 1.165) is 49.3 Å². The third-order valence-corrected chi connectivity index (χ3v) is 4.78. The van der Waals surface area contributed by atoms with Crippen molar-refractivity contribution < 1.29 is 4.74 Å². The molecule has 0 aliphatic heterocycles. The highest BCUT2D eigenvalue weighted by Gasteiger charge is 2.12. The molecule has 1 N–H and O–H groups in total. The van der Waals surface area contributed by atoms with E-state index in [1.54, 1.807) is 13.3 Å². The van der Waals surface area contributed by atoms with Gasteiger partial charge < -0.3 is 19.2 Å². The fraction of sp³-hybridized carbons (Fsp3) is 0.400. The summed E-state index contributed by atoms with van der Waals surface area (Å²) < 4.78 is 7.34. The molecule has 3 aromatic rings. The number of H-pyrrole nitrogens is 1. The standard InChI is InChI=1S/C20H26N4O2/c1-4-23(5-2)10-6-11-24-12-9-21-19(24)17-14-15-13-16(26-3)7-8-18(15)22-20(17)25/h7-9,12-14H,4-6,10-11H2,1-3H3,(H,22,25). The smallest absolute Gasteiger partial charge is 0.259 e. The Labute approximate surface area is 153 Å². The number of benzene rings is 1. The topological polar surface area (TPSA) is 63.1 Å². The van der Waals surface area contributed by atoms with Crippen molar-refractivity contribution in [2.45, 2.75) is 26.8 Å². The van der Waals surface area contributed by atoms with E-state index in [0.29, 0.717) is 11.4 Å². The summed E-state index contributed by atoms with van der Waals surface area (Å²) in [5.41, 5.74) is 1.25. The van der Waals surface area contributed by atoms with E-state index in [-0.39, 0.29) is 5.56 Å². The molecule has 0 unspecified atom stereocenters. The molecule has 2 aromatic heterocycles. The zero-order chi connectivity index (χ0) is 18.5. The lowest BCUT2D eigenvalue weighted by Gasteiger charge is -2.18. The Kier molecular flexibility index (Phi) is 5.73. The summed E-state index contributed by atoms with van der Waals surface area (Å²) >= 11 is 0. The number of hydrogen-bond donors (Lipinski definition) is 1. The van der Waals surface area contributed by atoms with Crippen LogP contribution in [0.25, 0.3) is 22.3 Å². The average molecular weight is 354 g/mol. The molecule has 6 heteroatoms. The molecule has 0 saturated carbocycles. The van der Waals surface area contributed by atoms with Crippen LogP contribution in [0.5, 0.6) is 5.75 Å². The molecule has 3 rings (SSSR count). The van der Waals surface area contributed by atoms with Crippen LogP contribution in [0.4, 0.5) is 0 Å². The monoisotopic (exact) mass is 354 g/mol. The molecule has 6 nitrogen and oxygen atoms in total. The minimum Gasteiger partial charge on any atom is -0.497 e. The van der Waals surface area contributed by atoms with Gasteiger partial charge in [-0.2, -0.15) is 0 Å². The van der Waals surface area contributed by atoms with Crippen molar-refractivity contribution in [3.8, 4) is 17.1 Å². The van der Waals surface area contributed by atoms with Crippen molar-refractivity contribution in [3.63, 3.8) is 0 Å². The molecule has 1 aromatic carbocycles. The lowest BCUT2D eigenvalue weighted by molar-refractivity contribution is 0.293. The summed E-state index contributed by atoms with van der Waals surface area (Å²) in [7, 11) is 1.64. The van der Waals surface area contributed by atoms with Gasteiger partial charge in [-0.15, -0.1) is 0 Å². The van der Waals surface area contributed by atoms with Gasteiger partial charge in [0.1, 0.15) is 11.6 Å². The van der Waals surface area contributed by atoms with Crippen LogP contribution in [0.15, 0.2) is 41.5 Å². The number of fused-ring (bicyclic) bond motifs is 1. The van der Waals surface area contributed by atoms with Crippen LogP contribution >= 0.6 is 0 Å². The predicted octanol–water partition coefficient (Wildman–Crippen LogP) is 3.13. The third kappa shape index (κ3) is 3.80. The van der Waals surface area contributed by atoms with Crippen molar-refractivity contribution in [1.82, 2.24) is 19.4 Å². The molecule has 0 fully saturated rings. The number of aryl methyl sites for hydroxylation is 1. The number of nitrogens with one attached hydrogen (secondary N) is 1. The van der Waals surface area contributed by atoms with Gasteiger partial charge in [-0.25, -0.2) is 4.98 Å². The highest BCUT2D eigenvalue weighted by Crippen LogP contribution is 2.22. The summed E-state index contributed by atoms with van der Waals surface area (Å²) in [4.78, 5) is 22.3. The van der Waals surface area contributed by atoms with E-state index in [1.165, 1.54) is 0 Å². The average Bonchev–Trinajstić information content (AvgIpc) is 3.12. The summed E-state index contributed by atoms with van der Waals surface area (Å²) in [6, 6.07) is 7.50. The minimum atomic E-state index is -0.126. The van der Waals surface area contributed by atoms with Gasteiger partial charge in [0.05, 0.1) is 12.7 Å². The SMILES string of the molecule is CCN(CC)CCCn1ccnc1-c1cc2cc(OC)ccc2[nH]c1=O. The van der Waals surface area contributed by atoms with Gasteiger partial charge in [0.2, 0.25) is 0 Å². The Morgan fingerprint density at radius 3 is 2.77 bits per heavy atom. The predicted molar refractivity (Wildman–Crippen MR) is 105 cm³/mol. The fourth-order valence-electron chi connectivity index (χ4n) is 3.22. The molecule has 0 aliphatic carbocycles. The number of rotatable bonds is 8. The maximum atomic E-state index is 12.6. The summed E-state index contributed by atoms with van der Waals surface area (Å²) in [6.07, 6.45) is 4.71. The zero-order valence-electron chi connectivity index (χ0n) is 15.7. The van der Waals surface area contributed by atoms with Gasteiger partial charge >= 0.3 is 0 Å². The van der Waals surface area contributed by atoms with E-state index in [1.807, 2.05) is 30.5 Å². The molecule has 0 aliphatic rings. The van der Waals surface area contributed by atoms with E-state index < -0.39 is 0 Å². The maximum Gasteiger partial charge on any atom is 0.259 e. The molecule has 0 saturated heterocycles. The van der Waals surface area contributed by atoms with Crippen molar-refractivity contribution in [1.29, 1.82) is 0 Å². The number of nitrogens with zero attached hydrogens (tertiary/aromatic N) is 3. The Morgan fingerprint density at radius 1 is 1.23 bits per heavy atom. The van der Waals surface area contributed by atoms with E-state index in [2.05, 4.69) is 33.3 Å². The van der Waals surface area contributed by atoms with Gasteiger partial charge in [-0.1, -0.05) is 13.8 Å². The van der Waals surface area contributed by atoms with Gasteiger partial charge in [-0.3, -0.25) is 4.79 Å². The number of hydrogen-bond acceptors (Lipinski definition) is 4. The number of aromatic nitrogens is 3. The second-order valence-electron chi connectivity index (χ2n) is 6.29. The first-order valence-electron chi connectivity index (χ1n) is 9.11. The molecule has 0 bridgehead atoms. The Morgan fingerprint density at radius 2 is 2.04 bits per heavy atom. The van der Waals surface area contributed by atoms with Gasteiger partial charge in [0.15, 0.2) is 0 Å². The number of ether oxygens (including phenoxy) is 1. The Balaban J connectivity index is 1.88. The number of methoxy groups -OCH3 is 1. The van der Waals surface area contributed by atoms with E-state index >= 15 is 0 Å². The largest absolute Gasteiger partial charge is 0.497 e. The molecule has 0 atom stereocenters. The molecule has 138 valence electrons. The van der Waals surface area contributed by atoms with Crippen LogP contribution in [0.2, 0.25) is 0 Å². The van der Waals surface area contributed by atoms with Gasteiger partial charge in [-0.05, 0) is 50.3 Å². The van der Waals surface area contributed by atoms with Crippen molar-refractivity contribution in [2.75, 3.05) is 26.7 Å². The van der Waals surface area contributed by atoms with Crippen LogP contribution in [-0.4, -0.2) is 46.2 Å². The fourth-order valence-corrected chi connectivity index (χ4v) is 3.22. The highest BCUT2D eigenvalue weighted by atomic mass is 16.5. The molecular weight excluding hydrogens is 328 g/mol. The van der Waals surface area contributed by atoms with Crippen LogP contribution in [-0.2, 0) is 6.54 Å². The third-order valence-electron chi connectivity index (χ3n) is 4.78. The second-order valence-corrected chi connectivity index (χ2v) is 6.29. The second kappa shape index (κ2) is 8.19. The first-order valence-corrected chi connectivity index (χ1v) is 9.11. The van der Waals surface area contributed by atoms with Gasteiger partial charge in [0.25, 0.3) is 5.56 Å². The van der Waals surface area contributed by atoms with Gasteiger partial charge in [0, 0.05) is 29.8 Å². The normalized spacial score (nSPS) is 11.4. The van der Waals surface area contributed by atoms with Crippen LogP contribution < -0.4 is 10.3 Å². The Bertz CT molecular complexity index is 925. The summed E-state index contributed by atoms with van der Waals surface area (Å²) in [6.45, 7) is 8.33. The molecule has 0 radical (unpaired) electrons. The van der Waals surface area contributed by atoms with Crippen molar-refractivity contribution in [2.24, 2.45) is 0 Å². The van der Waals surface area contributed by atoms with Crippen LogP contribution in [0, 0.1) is 0 Å². The first kappa shape index (κ1) is 18.2. The van der Waals surface area contributed by atoms with Crippen molar-refractivity contribution in [3.05, 3.63) is 47.0 Å². The molecular formula is C20H26N4O2. The number of aromatic amines is 1. The first-order chi connectivity index (χ1) is 12.7. The van der Waals surface area contributed by atoms with Crippen LogP contribution in [0.1, 0.15) is 20.3 Å². The Hall–Kier alpha value is -2.60. The quantitative estimate of drug-likeness (QED) is 0.675. The maximum absolute atomic E-state index is 12.6. The molecule has 0 amide bonds. The summed E-state index contributed by atoms with van der Waals surface area (Å²) in [5, 5.41) is 0.927. The number of pyridine rings is 1. The molecule has 26 heavy (non-hydrogen) atoms. The highest BCUT2D eigenvalue weighted by molar-refractivity contribution is 5.83. The molecule has 2 heterocycles. The lowest BCUT2D eigenvalue weighted by Crippen LogP contribution is -2.25. The van der Waals surface area contributed by atoms with Crippen LogP contribution in [0.3, 0.4) is 0 Å². The van der Waals surface area contributed by atoms with E-state index in [4.69, 9.17) is 4.74 Å².